The van der Waals surface area contributed by atoms with E-state index in [0.29, 0.717) is 11.5 Å². The summed E-state index contributed by atoms with van der Waals surface area (Å²) in [5.41, 5.74) is 8.66. The number of carbonyl (C=O) groups excluding carboxylic acids is 2. The molecule has 24 heavy (non-hydrogen) atoms. The lowest BCUT2D eigenvalue weighted by Gasteiger charge is -2.06. The fraction of sp³-hybridized carbons (Fsp3) is 0.211. The number of carbonyl (C=O) groups is 2. The maximum atomic E-state index is 12.1. The molecule has 0 aliphatic heterocycles. The number of hydrogen-bond acceptors (Lipinski definition) is 3. The van der Waals surface area contributed by atoms with Crippen molar-refractivity contribution in [1.29, 1.82) is 0 Å². The molecular formula is C19H17N3O2. The lowest BCUT2D eigenvalue weighted by Crippen LogP contribution is -2.22. The quantitative estimate of drug-likeness (QED) is 0.580. The van der Waals surface area contributed by atoms with E-state index in [9.17, 15) is 9.59 Å². The number of primary amides is 1. The third-order valence-corrected chi connectivity index (χ3v) is 4.52. The van der Waals surface area contributed by atoms with Crippen molar-refractivity contribution >= 4 is 22.6 Å². The Morgan fingerprint density at radius 3 is 2.54 bits per heavy atom. The first-order valence-electron chi connectivity index (χ1n) is 8.01. The normalized spacial score (nSPS) is 14.0. The van der Waals surface area contributed by atoms with Crippen molar-refractivity contribution in [3.8, 4) is 11.1 Å². The van der Waals surface area contributed by atoms with Crippen molar-refractivity contribution in [1.82, 2.24) is 9.55 Å². The number of aromatic nitrogens is 2. The fourth-order valence-corrected chi connectivity index (χ4v) is 3.06. The molecule has 0 radical (unpaired) electrons. The largest absolute Gasteiger partial charge is 0.363 e. The molecule has 1 fully saturated rings. The van der Waals surface area contributed by atoms with E-state index in [1.807, 2.05) is 24.3 Å². The van der Waals surface area contributed by atoms with Gasteiger partial charge < -0.3 is 10.3 Å². The summed E-state index contributed by atoms with van der Waals surface area (Å²) in [6.45, 7) is 0.863. The van der Waals surface area contributed by atoms with Crippen molar-refractivity contribution in [2.45, 2.75) is 19.4 Å². The lowest BCUT2D eigenvalue weighted by atomic mass is 10.0. The molecule has 0 unspecified atom stereocenters. The minimum absolute atomic E-state index is 0.388. The second kappa shape index (κ2) is 5.60. The molecule has 1 saturated carbocycles. The molecule has 1 aliphatic rings. The van der Waals surface area contributed by atoms with Gasteiger partial charge in [0, 0.05) is 36.0 Å². The molecule has 120 valence electrons. The first-order valence-corrected chi connectivity index (χ1v) is 8.01. The summed E-state index contributed by atoms with van der Waals surface area (Å²) in [6, 6.07) is 9.81. The molecule has 1 amide bonds. The number of Topliss-reactive ketones (excluding diaryl/α,β-unsaturated/α-hetero) is 1. The average molecular weight is 319 g/mol. The van der Waals surface area contributed by atoms with E-state index in [1.54, 1.807) is 18.6 Å². The van der Waals surface area contributed by atoms with Crippen LogP contribution in [0.4, 0.5) is 0 Å². The van der Waals surface area contributed by atoms with Crippen LogP contribution in [0.3, 0.4) is 0 Å². The zero-order valence-electron chi connectivity index (χ0n) is 13.1. The van der Waals surface area contributed by atoms with Gasteiger partial charge >= 0.3 is 0 Å². The summed E-state index contributed by atoms with van der Waals surface area (Å²) in [5, 5.41) is 0.775. The highest BCUT2D eigenvalue weighted by Gasteiger charge is 2.25. The SMILES string of the molecule is NC(=O)C(=O)c1cn(CC2CC2)c2cc(-c3ccncc3)ccc12. The molecule has 5 heteroatoms. The molecule has 3 aromatic rings. The molecule has 2 aromatic heterocycles. The third kappa shape index (κ3) is 2.58. The summed E-state index contributed by atoms with van der Waals surface area (Å²) < 4.78 is 2.08. The molecule has 5 nitrogen and oxygen atoms in total. The molecule has 4 rings (SSSR count). The summed E-state index contributed by atoms with van der Waals surface area (Å²) in [4.78, 5) is 27.5. The predicted molar refractivity (Wildman–Crippen MR) is 91.4 cm³/mol. The van der Waals surface area contributed by atoms with Crippen LogP contribution in [0.2, 0.25) is 0 Å². The first kappa shape index (κ1) is 14.6. The van der Waals surface area contributed by atoms with Gasteiger partial charge in [-0.05, 0) is 48.1 Å². The molecule has 0 bridgehead atoms. The minimum Gasteiger partial charge on any atom is -0.363 e. The molecule has 1 aliphatic carbocycles. The Hall–Kier alpha value is -2.95. The van der Waals surface area contributed by atoms with Gasteiger partial charge in [0.05, 0.1) is 5.56 Å². The van der Waals surface area contributed by atoms with Gasteiger partial charge in [-0.1, -0.05) is 12.1 Å². The third-order valence-electron chi connectivity index (χ3n) is 4.52. The number of benzene rings is 1. The van der Waals surface area contributed by atoms with Gasteiger partial charge in [0.15, 0.2) is 0 Å². The summed E-state index contributed by atoms with van der Waals surface area (Å²) >= 11 is 0. The van der Waals surface area contributed by atoms with Crippen molar-refractivity contribution in [2.24, 2.45) is 11.7 Å². The van der Waals surface area contributed by atoms with Crippen LogP contribution in [-0.4, -0.2) is 21.2 Å². The fourth-order valence-electron chi connectivity index (χ4n) is 3.06. The maximum absolute atomic E-state index is 12.1. The second-order valence-electron chi connectivity index (χ2n) is 6.30. The number of amides is 1. The monoisotopic (exact) mass is 319 g/mol. The lowest BCUT2D eigenvalue weighted by molar-refractivity contribution is -0.114. The number of ketones is 1. The highest BCUT2D eigenvalue weighted by Crippen LogP contribution is 2.34. The Morgan fingerprint density at radius 2 is 1.88 bits per heavy atom. The Balaban J connectivity index is 1.87. The van der Waals surface area contributed by atoms with Gasteiger partial charge in [0.25, 0.3) is 11.7 Å². The van der Waals surface area contributed by atoms with E-state index in [0.717, 1.165) is 28.6 Å². The van der Waals surface area contributed by atoms with Crippen LogP contribution in [-0.2, 0) is 11.3 Å². The van der Waals surface area contributed by atoms with E-state index in [-0.39, 0.29) is 0 Å². The zero-order valence-corrected chi connectivity index (χ0v) is 13.1. The number of rotatable bonds is 5. The molecular weight excluding hydrogens is 302 g/mol. The Morgan fingerprint density at radius 1 is 1.12 bits per heavy atom. The number of nitrogens with zero attached hydrogens (tertiary/aromatic N) is 2. The molecule has 2 N–H and O–H groups in total. The highest BCUT2D eigenvalue weighted by molar-refractivity contribution is 6.44. The van der Waals surface area contributed by atoms with Crippen molar-refractivity contribution in [2.75, 3.05) is 0 Å². The summed E-state index contributed by atoms with van der Waals surface area (Å²) in [6.07, 6.45) is 7.70. The van der Waals surface area contributed by atoms with Crippen molar-refractivity contribution < 1.29 is 9.59 Å². The number of nitrogens with two attached hydrogens (primary N) is 1. The first-order chi connectivity index (χ1) is 11.6. The van der Waals surface area contributed by atoms with Gasteiger partial charge in [-0.3, -0.25) is 14.6 Å². The van der Waals surface area contributed by atoms with E-state index < -0.39 is 11.7 Å². The maximum Gasteiger partial charge on any atom is 0.289 e. The number of fused-ring (bicyclic) bond motifs is 1. The number of hydrogen-bond donors (Lipinski definition) is 1. The second-order valence-corrected chi connectivity index (χ2v) is 6.30. The Bertz CT molecular complexity index is 940. The standard InChI is InChI=1S/C19H17N3O2/c20-19(24)18(23)16-11-22(10-12-1-2-12)17-9-14(3-4-15(16)17)13-5-7-21-8-6-13/h3-9,11-12H,1-2,10H2,(H2,20,24). The van der Waals surface area contributed by atoms with E-state index in [4.69, 9.17) is 5.73 Å². The predicted octanol–water partition coefficient (Wildman–Crippen LogP) is 2.78. The van der Waals surface area contributed by atoms with Gasteiger partial charge in [0.2, 0.25) is 0 Å². The number of pyridine rings is 1. The Kier molecular flexibility index (Phi) is 3.41. The van der Waals surface area contributed by atoms with Crippen LogP contribution in [0, 0.1) is 5.92 Å². The summed E-state index contributed by atoms with van der Waals surface area (Å²) in [5.74, 6) is -0.897. The zero-order chi connectivity index (χ0) is 16.7. The smallest absolute Gasteiger partial charge is 0.289 e. The molecule has 0 saturated heterocycles. The van der Waals surface area contributed by atoms with Crippen LogP contribution in [0.15, 0.2) is 48.9 Å². The van der Waals surface area contributed by atoms with E-state index in [2.05, 4.69) is 15.6 Å². The van der Waals surface area contributed by atoms with Crippen LogP contribution in [0.5, 0.6) is 0 Å². The molecule has 0 spiro atoms. The molecule has 1 aromatic carbocycles. The van der Waals surface area contributed by atoms with Gasteiger partial charge in [-0.15, -0.1) is 0 Å². The highest BCUT2D eigenvalue weighted by atomic mass is 16.2. The molecule has 0 atom stereocenters. The van der Waals surface area contributed by atoms with Gasteiger partial charge in [-0.2, -0.15) is 0 Å². The van der Waals surface area contributed by atoms with Crippen molar-refractivity contribution in [3.63, 3.8) is 0 Å². The van der Waals surface area contributed by atoms with Gasteiger partial charge in [0.1, 0.15) is 0 Å². The minimum atomic E-state index is -0.918. The van der Waals surface area contributed by atoms with Crippen molar-refractivity contribution in [3.05, 3.63) is 54.5 Å². The summed E-state index contributed by atoms with van der Waals surface area (Å²) in [7, 11) is 0. The van der Waals surface area contributed by atoms with Crippen LogP contribution in [0.25, 0.3) is 22.0 Å². The van der Waals surface area contributed by atoms with Crippen LogP contribution in [0.1, 0.15) is 23.2 Å². The Labute approximate surface area is 139 Å². The van der Waals surface area contributed by atoms with Crippen LogP contribution >= 0.6 is 0 Å². The van der Waals surface area contributed by atoms with Crippen LogP contribution < -0.4 is 5.73 Å². The van der Waals surface area contributed by atoms with Gasteiger partial charge in [-0.25, -0.2) is 0 Å². The van der Waals surface area contributed by atoms with E-state index >= 15 is 0 Å². The van der Waals surface area contributed by atoms with E-state index in [1.165, 1.54) is 12.8 Å². The average Bonchev–Trinajstić information content (AvgIpc) is 3.35. The topological polar surface area (TPSA) is 78.0 Å². The molecule has 2 heterocycles.